The Morgan fingerprint density at radius 2 is 1.74 bits per heavy atom. The smallest absolute Gasteiger partial charge is 0.324 e. The minimum absolute atomic E-state index is 0. The van der Waals surface area contributed by atoms with E-state index in [-0.39, 0.29) is 42.9 Å². The number of halogens is 1. The molecule has 0 aromatic heterocycles. The summed E-state index contributed by atoms with van der Waals surface area (Å²) in [4.78, 5) is 26.9. The van der Waals surface area contributed by atoms with E-state index < -0.39 is 22.0 Å². The van der Waals surface area contributed by atoms with Crippen molar-refractivity contribution >= 4 is 34.4 Å². The van der Waals surface area contributed by atoms with E-state index in [1.165, 1.54) is 11.4 Å². The van der Waals surface area contributed by atoms with Gasteiger partial charge in [0, 0.05) is 32.3 Å². The average Bonchev–Trinajstić information content (AvgIpc) is 2.86. The van der Waals surface area contributed by atoms with E-state index in [0.29, 0.717) is 38.3 Å². The van der Waals surface area contributed by atoms with Crippen molar-refractivity contribution < 1.29 is 27.5 Å². The largest absolute Gasteiger partial charge is 0.468 e. The molecule has 3 saturated heterocycles. The van der Waals surface area contributed by atoms with Gasteiger partial charge in [0.2, 0.25) is 10.0 Å². The Hall–Kier alpha value is -1.14. The topological polar surface area (TPSA) is 117 Å². The lowest BCUT2D eigenvalue weighted by atomic mass is 9.99. The minimum atomic E-state index is -3.62. The van der Waals surface area contributed by atoms with Crippen molar-refractivity contribution in [2.24, 2.45) is 5.92 Å². The number of methoxy groups -OCH3 is 1. The van der Waals surface area contributed by atoms with Gasteiger partial charge in [0.25, 0.3) is 0 Å². The number of esters is 1. The molecule has 2 atom stereocenters. The number of piperidine rings is 3. The zero-order valence-electron chi connectivity index (χ0n) is 21.1. The van der Waals surface area contributed by atoms with Gasteiger partial charge >= 0.3 is 12.0 Å². The summed E-state index contributed by atoms with van der Waals surface area (Å²) in [6.07, 6.45) is 6.25. The minimum Gasteiger partial charge on any atom is -0.468 e. The second-order valence-corrected chi connectivity index (χ2v) is 11.8. The molecular formula is C23H43ClN4O6S. The summed E-state index contributed by atoms with van der Waals surface area (Å²) in [7, 11) is -2.35. The summed E-state index contributed by atoms with van der Waals surface area (Å²) in [6.45, 7) is 6.18. The van der Waals surface area contributed by atoms with Crippen molar-refractivity contribution in [2.75, 3.05) is 52.2 Å². The fourth-order valence-corrected chi connectivity index (χ4v) is 6.87. The van der Waals surface area contributed by atoms with Crippen molar-refractivity contribution in [2.45, 2.75) is 76.5 Å². The number of ether oxygens (including phenoxy) is 2. The molecule has 0 aliphatic carbocycles. The molecule has 0 radical (unpaired) electrons. The predicted molar refractivity (Wildman–Crippen MR) is 136 cm³/mol. The zero-order valence-corrected chi connectivity index (χ0v) is 22.7. The Kier molecular flexibility index (Phi) is 12.5. The maximum atomic E-state index is 12.9. The SMILES string of the molecule is CCCCS(=O)(=O)N1C[C@@H](NC(=O)N2CCC(OCC3CCNCC3)CC2)CC[C@H]1C(=O)OC.Cl. The van der Waals surface area contributed by atoms with Crippen molar-refractivity contribution in [3.05, 3.63) is 0 Å². The summed E-state index contributed by atoms with van der Waals surface area (Å²) < 4.78 is 38.0. The molecule has 3 aliphatic rings. The van der Waals surface area contributed by atoms with Crippen LogP contribution in [-0.2, 0) is 24.3 Å². The number of carbonyl (C=O) groups excluding carboxylic acids is 2. The van der Waals surface area contributed by atoms with E-state index in [0.717, 1.165) is 51.8 Å². The van der Waals surface area contributed by atoms with Gasteiger partial charge in [-0.05, 0) is 64.0 Å². The van der Waals surface area contributed by atoms with Gasteiger partial charge < -0.3 is 25.0 Å². The van der Waals surface area contributed by atoms with Crippen LogP contribution in [-0.4, -0.2) is 100 Å². The third-order valence-corrected chi connectivity index (χ3v) is 9.13. The fraction of sp³-hybridized carbons (Fsp3) is 0.913. The van der Waals surface area contributed by atoms with Crippen molar-refractivity contribution in [1.82, 2.24) is 19.8 Å². The van der Waals surface area contributed by atoms with E-state index in [4.69, 9.17) is 9.47 Å². The number of rotatable bonds is 9. The lowest BCUT2D eigenvalue weighted by Gasteiger charge is -2.39. The van der Waals surface area contributed by atoms with Crippen LogP contribution >= 0.6 is 12.4 Å². The van der Waals surface area contributed by atoms with Crippen LogP contribution < -0.4 is 10.6 Å². The molecule has 10 nitrogen and oxygen atoms in total. The highest BCUT2D eigenvalue weighted by Crippen LogP contribution is 2.24. The first-order valence-corrected chi connectivity index (χ1v) is 14.4. The van der Waals surface area contributed by atoms with Gasteiger partial charge in [0.05, 0.1) is 19.0 Å². The maximum Gasteiger partial charge on any atom is 0.324 e. The third kappa shape index (κ3) is 8.73. The van der Waals surface area contributed by atoms with Crippen LogP contribution in [0.5, 0.6) is 0 Å². The van der Waals surface area contributed by atoms with Crippen LogP contribution in [0.15, 0.2) is 0 Å². The Labute approximate surface area is 216 Å². The van der Waals surface area contributed by atoms with Gasteiger partial charge in [0.15, 0.2) is 0 Å². The molecule has 2 amide bonds. The third-order valence-electron chi connectivity index (χ3n) is 7.21. The standard InChI is InChI=1S/C23H42N4O6S.ClH/c1-3-4-15-34(30,31)27-16-19(5-6-21(27)22(28)32-2)25-23(29)26-13-9-20(10-14-26)33-17-18-7-11-24-12-8-18;/h18-21,24H,3-17H2,1-2H3,(H,25,29);1H/t19-,21-;/m0./s1. The maximum absolute atomic E-state index is 12.9. The molecular weight excluding hydrogens is 496 g/mol. The normalized spacial score (nSPS) is 25.0. The van der Waals surface area contributed by atoms with E-state index in [1.54, 1.807) is 4.90 Å². The molecule has 3 aliphatic heterocycles. The van der Waals surface area contributed by atoms with Crippen LogP contribution in [0.2, 0.25) is 0 Å². The quantitative estimate of drug-likeness (QED) is 0.429. The Balaban J connectivity index is 0.00000432. The highest BCUT2D eigenvalue weighted by molar-refractivity contribution is 7.89. The molecule has 204 valence electrons. The molecule has 0 spiro atoms. The average molecular weight is 539 g/mol. The predicted octanol–water partition coefficient (Wildman–Crippen LogP) is 1.73. The highest BCUT2D eigenvalue weighted by atomic mass is 35.5. The summed E-state index contributed by atoms with van der Waals surface area (Å²) >= 11 is 0. The molecule has 3 heterocycles. The summed E-state index contributed by atoms with van der Waals surface area (Å²) in [5, 5.41) is 6.37. The van der Waals surface area contributed by atoms with Crippen LogP contribution in [0.25, 0.3) is 0 Å². The summed E-state index contributed by atoms with van der Waals surface area (Å²) in [5.41, 5.74) is 0. The first-order valence-electron chi connectivity index (χ1n) is 12.8. The van der Waals surface area contributed by atoms with E-state index in [9.17, 15) is 18.0 Å². The molecule has 0 bridgehead atoms. The molecule has 35 heavy (non-hydrogen) atoms. The molecule has 0 aromatic carbocycles. The molecule has 12 heteroatoms. The lowest BCUT2D eigenvalue weighted by Crippen LogP contribution is -2.58. The van der Waals surface area contributed by atoms with Crippen molar-refractivity contribution in [3.63, 3.8) is 0 Å². The Morgan fingerprint density at radius 3 is 2.37 bits per heavy atom. The van der Waals surface area contributed by atoms with Crippen LogP contribution in [0, 0.1) is 5.92 Å². The van der Waals surface area contributed by atoms with Gasteiger partial charge in [0.1, 0.15) is 6.04 Å². The first-order chi connectivity index (χ1) is 16.3. The van der Waals surface area contributed by atoms with Crippen molar-refractivity contribution in [1.29, 1.82) is 0 Å². The zero-order chi connectivity index (χ0) is 24.6. The van der Waals surface area contributed by atoms with Crippen LogP contribution in [0.1, 0.15) is 58.3 Å². The fourth-order valence-electron chi connectivity index (χ4n) is 4.99. The highest BCUT2D eigenvalue weighted by Gasteiger charge is 2.41. The number of carbonyl (C=O) groups is 2. The second-order valence-electron chi connectivity index (χ2n) is 9.72. The number of urea groups is 1. The van der Waals surface area contributed by atoms with Gasteiger partial charge in [-0.15, -0.1) is 12.4 Å². The second kappa shape index (κ2) is 14.6. The van der Waals surface area contributed by atoms with Crippen LogP contribution in [0.3, 0.4) is 0 Å². The number of nitrogens with one attached hydrogen (secondary N) is 2. The Bertz CT molecular complexity index is 772. The number of likely N-dealkylation sites (tertiary alicyclic amines) is 1. The first kappa shape index (κ1) is 30.1. The van der Waals surface area contributed by atoms with Crippen LogP contribution in [0.4, 0.5) is 4.79 Å². The van der Waals surface area contributed by atoms with Gasteiger partial charge in [-0.1, -0.05) is 13.3 Å². The van der Waals surface area contributed by atoms with E-state index >= 15 is 0 Å². The van der Waals surface area contributed by atoms with Gasteiger partial charge in [-0.2, -0.15) is 4.31 Å². The number of unbranched alkanes of at least 4 members (excludes halogenated alkanes) is 1. The number of amides is 2. The molecule has 3 rings (SSSR count). The number of nitrogens with zero attached hydrogens (tertiary/aromatic N) is 2. The summed E-state index contributed by atoms with van der Waals surface area (Å²) in [5.74, 6) is 0.0679. The number of hydrogen-bond donors (Lipinski definition) is 2. The summed E-state index contributed by atoms with van der Waals surface area (Å²) in [6, 6.07) is -1.34. The van der Waals surface area contributed by atoms with Gasteiger partial charge in [-0.25, -0.2) is 13.2 Å². The van der Waals surface area contributed by atoms with E-state index in [2.05, 4.69) is 10.6 Å². The number of sulfonamides is 1. The molecule has 0 saturated carbocycles. The van der Waals surface area contributed by atoms with Gasteiger partial charge in [-0.3, -0.25) is 4.79 Å². The molecule has 0 unspecified atom stereocenters. The molecule has 2 N–H and O–H groups in total. The molecule has 3 fully saturated rings. The number of hydrogen-bond acceptors (Lipinski definition) is 7. The lowest BCUT2D eigenvalue weighted by molar-refractivity contribution is -0.146. The Morgan fingerprint density at radius 1 is 1.06 bits per heavy atom. The molecule has 0 aromatic rings. The van der Waals surface area contributed by atoms with Crippen molar-refractivity contribution in [3.8, 4) is 0 Å². The monoisotopic (exact) mass is 538 g/mol. The van der Waals surface area contributed by atoms with E-state index in [1.807, 2.05) is 6.92 Å².